The summed E-state index contributed by atoms with van der Waals surface area (Å²) < 4.78 is 0. The number of hydrogen-bond donors (Lipinski definition) is 1. The average Bonchev–Trinajstić information content (AvgIpc) is 2.63. The van der Waals surface area contributed by atoms with Crippen LogP contribution in [0.5, 0.6) is 0 Å². The van der Waals surface area contributed by atoms with Crippen LogP contribution in [0.3, 0.4) is 0 Å². The number of carbonyl (C=O) groups excluding carboxylic acids is 1. The van der Waals surface area contributed by atoms with Crippen LogP contribution in [0.1, 0.15) is 20.3 Å². The van der Waals surface area contributed by atoms with Crippen molar-refractivity contribution in [3.63, 3.8) is 0 Å². The Hall–Kier alpha value is -0.860. The summed E-state index contributed by atoms with van der Waals surface area (Å²) in [6.45, 7) is 3.61. The first-order valence-corrected chi connectivity index (χ1v) is 3.80. The molecule has 2 atom stereocenters. The lowest BCUT2D eigenvalue weighted by Gasteiger charge is -1.99. The minimum atomic E-state index is -0.830. The monoisotopic (exact) mass is 156 g/mol. The molecule has 0 radical (unpaired) electrons. The highest BCUT2D eigenvalue weighted by Crippen LogP contribution is 2.40. The summed E-state index contributed by atoms with van der Waals surface area (Å²) in [5.74, 6) is -1.33. The van der Waals surface area contributed by atoms with Crippen molar-refractivity contribution in [1.29, 1.82) is 0 Å². The van der Waals surface area contributed by atoms with Crippen LogP contribution < -0.4 is 0 Å². The molecule has 1 aliphatic carbocycles. The summed E-state index contributed by atoms with van der Waals surface area (Å²) >= 11 is 0. The van der Waals surface area contributed by atoms with Gasteiger partial charge in [0.15, 0.2) is 0 Å². The highest BCUT2D eigenvalue weighted by atomic mass is 16.4. The topological polar surface area (TPSA) is 54.4 Å². The van der Waals surface area contributed by atoms with Crippen molar-refractivity contribution in [1.82, 2.24) is 0 Å². The summed E-state index contributed by atoms with van der Waals surface area (Å²) in [7, 11) is 0. The molecule has 1 saturated carbocycles. The lowest BCUT2D eigenvalue weighted by molar-refractivity contribution is -0.140. The van der Waals surface area contributed by atoms with E-state index >= 15 is 0 Å². The second-order valence-electron chi connectivity index (χ2n) is 3.34. The van der Waals surface area contributed by atoms with Crippen molar-refractivity contribution < 1.29 is 14.7 Å². The standard InChI is InChI=1S/C8H12O3/c1-4(2)7(9)5-3-6(5)8(10)11/h4-6H,3H2,1-2H3,(H,10,11)/t5-,6-/m0/s1. The molecular formula is C8H12O3. The summed E-state index contributed by atoms with van der Waals surface area (Å²) in [6, 6.07) is 0. The Labute approximate surface area is 65.4 Å². The van der Waals surface area contributed by atoms with Crippen LogP contribution in [0.4, 0.5) is 0 Å². The van der Waals surface area contributed by atoms with Crippen LogP contribution in [0.2, 0.25) is 0 Å². The van der Waals surface area contributed by atoms with Gasteiger partial charge in [-0.1, -0.05) is 13.8 Å². The fraction of sp³-hybridized carbons (Fsp3) is 0.750. The summed E-state index contributed by atoms with van der Waals surface area (Å²) in [5, 5.41) is 8.50. The lowest BCUT2D eigenvalue weighted by Crippen LogP contribution is -2.13. The quantitative estimate of drug-likeness (QED) is 0.661. The van der Waals surface area contributed by atoms with Crippen molar-refractivity contribution in [2.75, 3.05) is 0 Å². The Bertz CT molecular complexity index is 196. The SMILES string of the molecule is CC(C)C(=O)[C@H]1C[C@@H]1C(=O)O. The molecular weight excluding hydrogens is 144 g/mol. The van der Waals surface area contributed by atoms with Crippen molar-refractivity contribution >= 4 is 11.8 Å². The minimum Gasteiger partial charge on any atom is -0.481 e. The van der Waals surface area contributed by atoms with Gasteiger partial charge in [0, 0.05) is 11.8 Å². The van der Waals surface area contributed by atoms with Gasteiger partial charge in [-0.05, 0) is 6.42 Å². The summed E-state index contributed by atoms with van der Waals surface area (Å²) in [6.07, 6.45) is 0.548. The number of hydrogen-bond acceptors (Lipinski definition) is 2. The molecule has 0 unspecified atom stereocenters. The van der Waals surface area contributed by atoms with Gasteiger partial charge in [0.05, 0.1) is 5.92 Å². The van der Waals surface area contributed by atoms with E-state index in [9.17, 15) is 9.59 Å². The highest BCUT2D eigenvalue weighted by molar-refractivity contribution is 5.91. The van der Waals surface area contributed by atoms with E-state index in [0.717, 1.165) is 0 Å². The van der Waals surface area contributed by atoms with Gasteiger partial charge in [-0.3, -0.25) is 9.59 Å². The van der Waals surface area contributed by atoms with Crippen molar-refractivity contribution in [3.8, 4) is 0 Å². The maximum Gasteiger partial charge on any atom is 0.307 e. The summed E-state index contributed by atoms with van der Waals surface area (Å²) in [5.41, 5.74) is 0. The second-order valence-corrected chi connectivity index (χ2v) is 3.34. The molecule has 0 amide bonds. The van der Waals surface area contributed by atoms with E-state index in [-0.39, 0.29) is 23.5 Å². The molecule has 0 aromatic rings. The zero-order valence-corrected chi connectivity index (χ0v) is 6.70. The van der Waals surface area contributed by atoms with Gasteiger partial charge < -0.3 is 5.11 Å². The lowest BCUT2D eigenvalue weighted by atomic mass is 10.0. The minimum absolute atomic E-state index is 0.0238. The first-order chi connectivity index (χ1) is 5.04. The van der Waals surface area contributed by atoms with E-state index in [4.69, 9.17) is 5.11 Å². The molecule has 0 aliphatic heterocycles. The molecule has 0 aromatic heterocycles. The molecule has 1 N–H and O–H groups in total. The first kappa shape index (κ1) is 8.24. The predicted octanol–water partition coefficient (Wildman–Crippen LogP) is 0.932. The van der Waals surface area contributed by atoms with Crippen LogP contribution >= 0.6 is 0 Å². The van der Waals surface area contributed by atoms with Crippen LogP contribution in [-0.4, -0.2) is 16.9 Å². The van der Waals surface area contributed by atoms with Gasteiger partial charge in [0.2, 0.25) is 0 Å². The largest absolute Gasteiger partial charge is 0.481 e. The molecule has 0 saturated heterocycles. The molecule has 0 spiro atoms. The van der Waals surface area contributed by atoms with Gasteiger partial charge in [-0.25, -0.2) is 0 Å². The fourth-order valence-electron chi connectivity index (χ4n) is 1.21. The van der Waals surface area contributed by atoms with Crippen molar-refractivity contribution in [3.05, 3.63) is 0 Å². The zero-order chi connectivity index (χ0) is 8.59. The zero-order valence-electron chi connectivity index (χ0n) is 6.70. The van der Waals surface area contributed by atoms with Gasteiger partial charge in [0.1, 0.15) is 5.78 Å². The molecule has 0 aromatic carbocycles. The maximum absolute atomic E-state index is 11.2. The van der Waals surface area contributed by atoms with E-state index in [1.807, 2.05) is 0 Å². The number of carboxylic acids is 1. The molecule has 1 fully saturated rings. The molecule has 11 heavy (non-hydrogen) atoms. The van der Waals surface area contributed by atoms with Crippen LogP contribution in [0, 0.1) is 17.8 Å². The smallest absolute Gasteiger partial charge is 0.307 e. The number of rotatable bonds is 3. The Kier molecular flexibility index (Phi) is 1.98. The van der Waals surface area contributed by atoms with Crippen molar-refractivity contribution in [2.24, 2.45) is 17.8 Å². The van der Waals surface area contributed by atoms with Crippen LogP contribution in [-0.2, 0) is 9.59 Å². The Morgan fingerprint density at radius 3 is 2.18 bits per heavy atom. The van der Waals surface area contributed by atoms with Gasteiger partial charge in [-0.2, -0.15) is 0 Å². The van der Waals surface area contributed by atoms with E-state index < -0.39 is 5.97 Å². The third-order valence-corrected chi connectivity index (χ3v) is 2.04. The third-order valence-electron chi connectivity index (χ3n) is 2.04. The number of ketones is 1. The van der Waals surface area contributed by atoms with E-state index in [1.54, 1.807) is 13.8 Å². The van der Waals surface area contributed by atoms with Crippen LogP contribution in [0.15, 0.2) is 0 Å². The van der Waals surface area contributed by atoms with Crippen molar-refractivity contribution in [2.45, 2.75) is 20.3 Å². The average molecular weight is 156 g/mol. The second kappa shape index (κ2) is 2.64. The summed E-state index contributed by atoms with van der Waals surface area (Å²) in [4.78, 5) is 21.5. The predicted molar refractivity (Wildman–Crippen MR) is 39.1 cm³/mol. The number of Topliss-reactive ketones (excluding diaryl/α,β-unsaturated/α-hetero) is 1. The van der Waals surface area contributed by atoms with E-state index in [2.05, 4.69) is 0 Å². The molecule has 3 heteroatoms. The number of carbonyl (C=O) groups is 2. The third kappa shape index (κ3) is 1.59. The fourth-order valence-corrected chi connectivity index (χ4v) is 1.21. The molecule has 0 bridgehead atoms. The molecule has 1 rings (SSSR count). The number of carboxylic acid groups (broad SMARTS) is 1. The normalized spacial score (nSPS) is 28.6. The maximum atomic E-state index is 11.2. The highest BCUT2D eigenvalue weighted by Gasteiger charge is 2.48. The van der Waals surface area contributed by atoms with E-state index in [0.29, 0.717) is 6.42 Å². The van der Waals surface area contributed by atoms with Gasteiger partial charge >= 0.3 is 5.97 Å². The van der Waals surface area contributed by atoms with Gasteiger partial charge in [-0.15, -0.1) is 0 Å². The Morgan fingerprint density at radius 1 is 1.36 bits per heavy atom. The van der Waals surface area contributed by atoms with Crippen LogP contribution in [0.25, 0.3) is 0 Å². The molecule has 3 nitrogen and oxygen atoms in total. The molecule has 62 valence electrons. The number of aliphatic carboxylic acids is 1. The molecule has 1 aliphatic rings. The van der Waals surface area contributed by atoms with Gasteiger partial charge in [0.25, 0.3) is 0 Å². The first-order valence-electron chi connectivity index (χ1n) is 3.80. The van der Waals surface area contributed by atoms with E-state index in [1.165, 1.54) is 0 Å². The Balaban J connectivity index is 2.44. The Morgan fingerprint density at radius 2 is 1.91 bits per heavy atom. The molecule has 0 heterocycles.